The van der Waals surface area contributed by atoms with Crippen molar-refractivity contribution in [3.8, 4) is 22.8 Å². The summed E-state index contributed by atoms with van der Waals surface area (Å²) in [7, 11) is 1.63. The number of carbonyl (C=O) groups is 1. The fraction of sp³-hybridized carbons (Fsp3) is 0.200. The standard InChI is InChI=1S/C20H19ClN2O3S/c1-12(26-17-10-6-15(21)7-11-17)19(24)23-20-22-18(13(2)27-20)14-4-8-16(25-3)9-5-14/h4-12H,1-3H3,(H,22,23,24)/t12-/m0/s1. The molecular weight excluding hydrogens is 384 g/mol. The van der Waals surface area contributed by atoms with Gasteiger partial charge in [-0.05, 0) is 62.4 Å². The Kier molecular flexibility index (Phi) is 5.98. The Hall–Kier alpha value is -2.57. The maximum absolute atomic E-state index is 12.4. The first-order valence-corrected chi connectivity index (χ1v) is 9.50. The molecule has 1 atom stereocenters. The zero-order chi connectivity index (χ0) is 19.4. The van der Waals surface area contributed by atoms with Crippen LogP contribution in [0.25, 0.3) is 11.3 Å². The molecule has 1 amide bonds. The number of aryl methyl sites for hydroxylation is 1. The molecule has 1 heterocycles. The van der Waals surface area contributed by atoms with Crippen molar-refractivity contribution in [1.82, 2.24) is 4.98 Å². The van der Waals surface area contributed by atoms with E-state index in [1.807, 2.05) is 31.2 Å². The highest BCUT2D eigenvalue weighted by Gasteiger charge is 2.18. The Morgan fingerprint density at radius 2 is 1.74 bits per heavy atom. The first-order valence-electron chi connectivity index (χ1n) is 8.31. The SMILES string of the molecule is COc1ccc(-c2nc(NC(=O)[C@H](C)Oc3ccc(Cl)cc3)sc2C)cc1. The molecule has 3 aromatic rings. The molecular formula is C20H19ClN2O3S. The number of thiazole rings is 1. The minimum Gasteiger partial charge on any atom is -0.497 e. The molecule has 0 bridgehead atoms. The molecule has 7 heteroatoms. The van der Waals surface area contributed by atoms with Gasteiger partial charge in [0.2, 0.25) is 0 Å². The third kappa shape index (κ3) is 4.78. The Bertz CT molecular complexity index is 923. The third-order valence-corrected chi connectivity index (χ3v) is 5.02. The number of anilines is 1. The Balaban J connectivity index is 1.68. The highest BCUT2D eigenvalue weighted by molar-refractivity contribution is 7.16. The lowest BCUT2D eigenvalue weighted by Gasteiger charge is -2.13. The van der Waals surface area contributed by atoms with E-state index in [0.29, 0.717) is 15.9 Å². The van der Waals surface area contributed by atoms with Crippen molar-refractivity contribution in [3.63, 3.8) is 0 Å². The third-order valence-electron chi connectivity index (χ3n) is 3.89. The number of carbonyl (C=O) groups excluding carboxylic acids is 1. The number of hydrogen-bond donors (Lipinski definition) is 1. The minimum absolute atomic E-state index is 0.264. The van der Waals surface area contributed by atoms with Crippen LogP contribution >= 0.6 is 22.9 Å². The van der Waals surface area contributed by atoms with Crippen molar-refractivity contribution in [2.45, 2.75) is 20.0 Å². The van der Waals surface area contributed by atoms with Crippen LogP contribution in [0.3, 0.4) is 0 Å². The van der Waals surface area contributed by atoms with E-state index in [1.165, 1.54) is 11.3 Å². The van der Waals surface area contributed by atoms with Gasteiger partial charge >= 0.3 is 0 Å². The Morgan fingerprint density at radius 3 is 2.37 bits per heavy atom. The quantitative estimate of drug-likeness (QED) is 0.616. The number of rotatable bonds is 6. The zero-order valence-electron chi connectivity index (χ0n) is 15.2. The van der Waals surface area contributed by atoms with Crippen molar-refractivity contribution in [3.05, 3.63) is 58.4 Å². The second-order valence-corrected chi connectivity index (χ2v) is 7.50. The number of amides is 1. The molecule has 0 fully saturated rings. The lowest BCUT2D eigenvalue weighted by Crippen LogP contribution is -2.30. The lowest BCUT2D eigenvalue weighted by atomic mass is 10.1. The normalized spacial score (nSPS) is 11.7. The fourth-order valence-electron chi connectivity index (χ4n) is 2.44. The number of methoxy groups -OCH3 is 1. The topological polar surface area (TPSA) is 60.5 Å². The molecule has 0 radical (unpaired) electrons. The molecule has 1 N–H and O–H groups in total. The number of halogens is 1. The van der Waals surface area contributed by atoms with Gasteiger partial charge in [-0.3, -0.25) is 10.1 Å². The number of nitrogens with one attached hydrogen (secondary N) is 1. The maximum atomic E-state index is 12.4. The van der Waals surface area contributed by atoms with Gasteiger partial charge in [-0.1, -0.05) is 11.6 Å². The van der Waals surface area contributed by atoms with Gasteiger partial charge in [0.25, 0.3) is 5.91 Å². The predicted octanol–water partition coefficient (Wildman–Crippen LogP) is 5.19. The number of benzene rings is 2. The number of ether oxygens (including phenoxy) is 2. The second kappa shape index (κ2) is 8.41. The number of hydrogen-bond acceptors (Lipinski definition) is 5. The molecule has 2 aromatic carbocycles. The summed E-state index contributed by atoms with van der Waals surface area (Å²) in [6, 6.07) is 14.5. The van der Waals surface area contributed by atoms with Crippen LogP contribution < -0.4 is 14.8 Å². The van der Waals surface area contributed by atoms with Gasteiger partial charge in [0.05, 0.1) is 12.8 Å². The summed E-state index contributed by atoms with van der Waals surface area (Å²) < 4.78 is 10.8. The van der Waals surface area contributed by atoms with E-state index in [9.17, 15) is 4.79 Å². The van der Waals surface area contributed by atoms with Crippen molar-refractivity contribution in [2.75, 3.05) is 12.4 Å². The average Bonchev–Trinajstić information content (AvgIpc) is 3.03. The van der Waals surface area contributed by atoms with Crippen molar-refractivity contribution in [2.24, 2.45) is 0 Å². The van der Waals surface area contributed by atoms with Gasteiger partial charge < -0.3 is 9.47 Å². The van der Waals surface area contributed by atoms with E-state index in [0.717, 1.165) is 21.9 Å². The predicted molar refractivity (Wildman–Crippen MR) is 109 cm³/mol. The average molecular weight is 403 g/mol. The van der Waals surface area contributed by atoms with Gasteiger partial charge in [0, 0.05) is 15.5 Å². The summed E-state index contributed by atoms with van der Waals surface area (Å²) in [5, 5.41) is 3.97. The summed E-state index contributed by atoms with van der Waals surface area (Å²) >= 11 is 7.28. The summed E-state index contributed by atoms with van der Waals surface area (Å²) in [4.78, 5) is 18.0. The molecule has 0 aliphatic heterocycles. The second-order valence-electron chi connectivity index (χ2n) is 5.86. The van der Waals surface area contributed by atoms with Crippen LogP contribution in [0.4, 0.5) is 5.13 Å². The van der Waals surface area contributed by atoms with Crippen LogP contribution in [0.2, 0.25) is 5.02 Å². The van der Waals surface area contributed by atoms with Crippen molar-refractivity contribution < 1.29 is 14.3 Å². The van der Waals surface area contributed by atoms with Crippen LogP contribution in [0, 0.1) is 6.92 Å². The first kappa shape index (κ1) is 19.2. The van der Waals surface area contributed by atoms with Gasteiger partial charge in [-0.2, -0.15) is 0 Å². The van der Waals surface area contributed by atoms with Gasteiger partial charge in [-0.15, -0.1) is 11.3 Å². The highest BCUT2D eigenvalue weighted by atomic mass is 35.5. The Labute approximate surface area is 166 Å². The fourth-order valence-corrected chi connectivity index (χ4v) is 3.41. The zero-order valence-corrected chi connectivity index (χ0v) is 16.7. The molecule has 0 aliphatic carbocycles. The molecule has 0 saturated carbocycles. The van der Waals surface area contributed by atoms with Crippen LogP contribution in [-0.2, 0) is 4.79 Å². The van der Waals surface area contributed by atoms with Crippen LogP contribution in [0.5, 0.6) is 11.5 Å². The molecule has 0 unspecified atom stereocenters. The van der Waals surface area contributed by atoms with Crippen molar-refractivity contribution >= 4 is 34.0 Å². The minimum atomic E-state index is -0.667. The van der Waals surface area contributed by atoms with E-state index in [4.69, 9.17) is 21.1 Å². The lowest BCUT2D eigenvalue weighted by molar-refractivity contribution is -0.122. The largest absolute Gasteiger partial charge is 0.497 e. The van der Waals surface area contributed by atoms with Crippen molar-refractivity contribution in [1.29, 1.82) is 0 Å². The van der Waals surface area contributed by atoms with Gasteiger partial charge in [0.1, 0.15) is 11.5 Å². The number of aromatic nitrogens is 1. The highest BCUT2D eigenvalue weighted by Crippen LogP contribution is 2.31. The monoisotopic (exact) mass is 402 g/mol. The van der Waals surface area contributed by atoms with E-state index < -0.39 is 6.10 Å². The van der Waals surface area contributed by atoms with E-state index in [-0.39, 0.29) is 5.91 Å². The molecule has 0 spiro atoms. The van der Waals surface area contributed by atoms with Gasteiger partial charge in [-0.25, -0.2) is 4.98 Å². The number of nitrogens with zero attached hydrogens (tertiary/aromatic N) is 1. The van der Waals surface area contributed by atoms with Crippen LogP contribution in [0.15, 0.2) is 48.5 Å². The summed E-state index contributed by atoms with van der Waals surface area (Å²) in [6.45, 7) is 3.66. The van der Waals surface area contributed by atoms with E-state index in [2.05, 4.69) is 10.3 Å². The molecule has 140 valence electrons. The summed E-state index contributed by atoms with van der Waals surface area (Å²) in [6.07, 6.45) is -0.667. The Morgan fingerprint density at radius 1 is 1.11 bits per heavy atom. The van der Waals surface area contributed by atoms with E-state index >= 15 is 0 Å². The molecule has 0 aliphatic rings. The first-order chi connectivity index (χ1) is 13.0. The maximum Gasteiger partial charge on any atom is 0.266 e. The summed E-state index contributed by atoms with van der Waals surface area (Å²) in [5.74, 6) is 1.10. The molecule has 5 nitrogen and oxygen atoms in total. The van der Waals surface area contributed by atoms with Gasteiger partial charge in [0.15, 0.2) is 11.2 Å². The summed E-state index contributed by atoms with van der Waals surface area (Å²) in [5.41, 5.74) is 1.81. The molecule has 0 saturated heterocycles. The molecule has 27 heavy (non-hydrogen) atoms. The van der Waals surface area contributed by atoms with E-state index in [1.54, 1.807) is 38.3 Å². The van der Waals surface area contributed by atoms with Crippen LogP contribution in [-0.4, -0.2) is 24.1 Å². The molecule has 3 rings (SSSR count). The molecule has 1 aromatic heterocycles. The van der Waals surface area contributed by atoms with Crippen LogP contribution in [0.1, 0.15) is 11.8 Å². The smallest absolute Gasteiger partial charge is 0.266 e.